The van der Waals surface area contributed by atoms with Crippen LogP contribution in [0.3, 0.4) is 0 Å². The van der Waals surface area contributed by atoms with E-state index in [-0.39, 0.29) is 6.54 Å². The Hall–Kier alpha value is -0.810. The Morgan fingerprint density at radius 2 is 2.36 bits per heavy atom. The van der Waals surface area contributed by atoms with E-state index in [1.54, 1.807) is 13.8 Å². The van der Waals surface area contributed by atoms with E-state index in [2.05, 4.69) is 0 Å². The Kier molecular flexibility index (Phi) is 4.56. The van der Waals surface area contributed by atoms with E-state index < -0.39 is 12.1 Å². The van der Waals surface area contributed by atoms with Gasteiger partial charge in [0.25, 0.3) is 0 Å². The lowest BCUT2D eigenvalue weighted by Crippen LogP contribution is -2.40. The molecule has 5 heteroatoms. The maximum atomic E-state index is 10.5. The highest BCUT2D eigenvalue weighted by Crippen LogP contribution is 1.92. The fourth-order valence-electron chi connectivity index (χ4n) is 0.602. The number of amides is 2. The molecule has 0 saturated carbocycles. The van der Waals surface area contributed by atoms with Crippen LogP contribution in [-0.4, -0.2) is 35.5 Å². The molecule has 1 unspecified atom stereocenters. The summed E-state index contributed by atoms with van der Waals surface area (Å²) in [6.45, 7) is 3.74. The van der Waals surface area contributed by atoms with Crippen LogP contribution >= 0.6 is 0 Å². The van der Waals surface area contributed by atoms with Gasteiger partial charge in [-0.2, -0.15) is 0 Å². The van der Waals surface area contributed by atoms with E-state index in [4.69, 9.17) is 15.7 Å². The first kappa shape index (κ1) is 10.2. The molecule has 0 aromatic heterocycles. The number of hydroxylamine groups is 2. The summed E-state index contributed by atoms with van der Waals surface area (Å²) in [4.78, 5) is 15.3. The van der Waals surface area contributed by atoms with Crippen molar-refractivity contribution in [3.8, 4) is 0 Å². The number of aliphatic hydroxyl groups is 1. The summed E-state index contributed by atoms with van der Waals surface area (Å²) < 4.78 is 0. The van der Waals surface area contributed by atoms with Gasteiger partial charge in [-0.15, -0.1) is 0 Å². The maximum absolute atomic E-state index is 10.5. The van der Waals surface area contributed by atoms with Crippen LogP contribution in [0.5, 0.6) is 0 Å². The molecule has 2 amide bonds. The highest BCUT2D eigenvalue weighted by Gasteiger charge is 2.11. The lowest BCUT2D eigenvalue weighted by Gasteiger charge is -2.19. The average Bonchev–Trinajstić information content (AvgIpc) is 1.86. The summed E-state index contributed by atoms with van der Waals surface area (Å²) >= 11 is 0. The number of nitrogens with zero attached hydrogens (tertiary/aromatic N) is 1. The molecule has 0 aliphatic carbocycles. The lowest BCUT2D eigenvalue weighted by molar-refractivity contribution is -0.124. The summed E-state index contributed by atoms with van der Waals surface area (Å²) in [6, 6.07) is -0.687. The van der Waals surface area contributed by atoms with Gasteiger partial charge in [0.15, 0.2) is 0 Å². The van der Waals surface area contributed by atoms with Crippen LogP contribution in [-0.2, 0) is 4.84 Å². The molecule has 1 atom stereocenters. The molecule has 0 heterocycles. The SMILES string of the molecule is CCON(CC(C)O)C(N)=O. The monoisotopic (exact) mass is 162 g/mol. The molecule has 0 aromatic carbocycles. The molecule has 0 fully saturated rings. The normalized spacial score (nSPS) is 12.6. The zero-order valence-corrected chi connectivity index (χ0v) is 6.78. The third kappa shape index (κ3) is 4.58. The van der Waals surface area contributed by atoms with Gasteiger partial charge in [0.1, 0.15) is 0 Å². The van der Waals surface area contributed by atoms with Crippen molar-refractivity contribution in [1.82, 2.24) is 5.06 Å². The minimum Gasteiger partial charge on any atom is -0.391 e. The first-order chi connectivity index (χ1) is 5.07. The molecule has 0 spiro atoms. The first-order valence-corrected chi connectivity index (χ1v) is 3.45. The third-order valence-corrected chi connectivity index (χ3v) is 0.961. The number of urea groups is 1. The van der Waals surface area contributed by atoms with Gasteiger partial charge in [0, 0.05) is 0 Å². The predicted octanol–water partition coefficient (Wildman–Crippen LogP) is -0.301. The van der Waals surface area contributed by atoms with Gasteiger partial charge in [-0.3, -0.25) is 4.84 Å². The first-order valence-electron chi connectivity index (χ1n) is 3.45. The number of carbonyl (C=O) groups excluding carboxylic acids is 1. The summed E-state index contributed by atoms with van der Waals surface area (Å²) in [5.74, 6) is 0. The topological polar surface area (TPSA) is 75.8 Å². The number of rotatable bonds is 4. The molecule has 5 nitrogen and oxygen atoms in total. The number of hydrogen-bond acceptors (Lipinski definition) is 3. The fourth-order valence-corrected chi connectivity index (χ4v) is 0.602. The summed E-state index contributed by atoms with van der Waals surface area (Å²) in [7, 11) is 0. The molecule has 3 N–H and O–H groups in total. The summed E-state index contributed by atoms with van der Waals surface area (Å²) in [5, 5.41) is 9.80. The molecule has 11 heavy (non-hydrogen) atoms. The van der Waals surface area contributed by atoms with E-state index in [0.29, 0.717) is 6.61 Å². The highest BCUT2D eigenvalue weighted by molar-refractivity contribution is 5.70. The molecular formula is C6H14N2O3. The average molecular weight is 162 g/mol. The second-order valence-corrected chi connectivity index (χ2v) is 2.17. The van der Waals surface area contributed by atoms with E-state index >= 15 is 0 Å². The lowest BCUT2D eigenvalue weighted by atomic mass is 10.4. The van der Waals surface area contributed by atoms with Crippen molar-refractivity contribution in [2.45, 2.75) is 20.0 Å². The van der Waals surface area contributed by atoms with Gasteiger partial charge in [0.05, 0.1) is 19.3 Å². The van der Waals surface area contributed by atoms with Gasteiger partial charge in [-0.1, -0.05) is 0 Å². The Balaban J connectivity index is 3.79. The Morgan fingerprint density at radius 3 is 2.64 bits per heavy atom. The summed E-state index contributed by atoms with van der Waals surface area (Å²) in [6.07, 6.45) is -0.631. The standard InChI is InChI=1S/C6H14N2O3/c1-3-11-8(6(7)10)4-5(2)9/h5,9H,3-4H2,1-2H3,(H2,7,10). The van der Waals surface area contributed by atoms with Crippen molar-refractivity contribution in [2.24, 2.45) is 5.73 Å². The number of aliphatic hydroxyl groups excluding tert-OH is 1. The molecule has 0 rings (SSSR count). The number of hydrogen-bond donors (Lipinski definition) is 2. The van der Waals surface area contributed by atoms with Gasteiger partial charge in [-0.05, 0) is 13.8 Å². The van der Waals surface area contributed by atoms with Gasteiger partial charge < -0.3 is 10.8 Å². The smallest absolute Gasteiger partial charge is 0.338 e. The van der Waals surface area contributed by atoms with Crippen LogP contribution in [0, 0.1) is 0 Å². The number of nitrogens with two attached hydrogens (primary N) is 1. The van der Waals surface area contributed by atoms with Crippen molar-refractivity contribution in [3.63, 3.8) is 0 Å². The number of primary amides is 1. The zero-order chi connectivity index (χ0) is 8.85. The molecule has 0 saturated heterocycles. The molecule has 0 aromatic rings. The van der Waals surface area contributed by atoms with Crippen LogP contribution < -0.4 is 5.73 Å². The largest absolute Gasteiger partial charge is 0.391 e. The van der Waals surface area contributed by atoms with E-state index in [1.807, 2.05) is 0 Å². The van der Waals surface area contributed by atoms with Gasteiger partial charge in [0.2, 0.25) is 0 Å². The second-order valence-electron chi connectivity index (χ2n) is 2.17. The third-order valence-electron chi connectivity index (χ3n) is 0.961. The molecule has 0 radical (unpaired) electrons. The van der Waals surface area contributed by atoms with Crippen LogP contribution in [0.15, 0.2) is 0 Å². The molecule has 66 valence electrons. The van der Waals surface area contributed by atoms with Crippen molar-refractivity contribution in [2.75, 3.05) is 13.2 Å². The Morgan fingerprint density at radius 1 is 1.82 bits per heavy atom. The molecule has 0 bridgehead atoms. The van der Waals surface area contributed by atoms with Crippen molar-refractivity contribution in [3.05, 3.63) is 0 Å². The van der Waals surface area contributed by atoms with Gasteiger partial charge >= 0.3 is 6.03 Å². The van der Waals surface area contributed by atoms with Crippen LogP contribution in [0.25, 0.3) is 0 Å². The van der Waals surface area contributed by atoms with Crippen LogP contribution in [0.4, 0.5) is 4.79 Å². The Bertz CT molecular complexity index is 127. The zero-order valence-electron chi connectivity index (χ0n) is 6.78. The van der Waals surface area contributed by atoms with Gasteiger partial charge in [-0.25, -0.2) is 9.86 Å². The quantitative estimate of drug-likeness (QED) is 0.557. The van der Waals surface area contributed by atoms with Crippen molar-refractivity contribution >= 4 is 6.03 Å². The highest BCUT2D eigenvalue weighted by atomic mass is 16.7. The maximum Gasteiger partial charge on any atom is 0.338 e. The van der Waals surface area contributed by atoms with Crippen LogP contribution in [0.2, 0.25) is 0 Å². The van der Waals surface area contributed by atoms with E-state index in [0.717, 1.165) is 5.06 Å². The predicted molar refractivity (Wildman–Crippen MR) is 39.6 cm³/mol. The molecule has 0 aliphatic heterocycles. The Labute approximate surface area is 65.7 Å². The molecule has 0 aliphatic rings. The number of carbonyl (C=O) groups is 1. The summed E-state index contributed by atoms with van der Waals surface area (Å²) in [5.41, 5.74) is 4.92. The minimum absolute atomic E-state index is 0.100. The van der Waals surface area contributed by atoms with E-state index in [1.165, 1.54) is 0 Å². The van der Waals surface area contributed by atoms with Crippen molar-refractivity contribution < 1.29 is 14.7 Å². The fraction of sp³-hybridized carbons (Fsp3) is 0.833. The second kappa shape index (κ2) is 4.92. The van der Waals surface area contributed by atoms with Crippen LogP contribution in [0.1, 0.15) is 13.8 Å². The minimum atomic E-state index is -0.687. The van der Waals surface area contributed by atoms with Crippen molar-refractivity contribution in [1.29, 1.82) is 0 Å². The van der Waals surface area contributed by atoms with E-state index in [9.17, 15) is 4.79 Å². The molecular weight excluding hydrogens is 148 g/mol.